The Morgan fingerprint density at radius 3 is 2.56 bits per heavy atom. The van der Waals surface area contributed by atoms with E-state index in [1.807, 2.05) is 0 Å². The summed E-state index contributed by atoms with van der Waals surface area (Å²) in [6, 6.07) is 9.13. The number of nitrogens with two attached hydrogens (primary N) is 1. The van der Waals surface area contributed by atoms with Crippen molar-refractivity contribution >= 4 is 27.4 Å². The number of anilines is 1. The smallest absolute Gasteiger partial charge is 0.193 e. The van der Waals surface area contributed by atoms with Crippen molar-refractivity contribution < 1.29 is 9.18 Å². The van der Waals surface area contributed by atoms with E-state index < -0.39 is 0 Å². The molecule has 0 heterocycles. The molecule has 0 saturated carbocycles. The first-order chi connectivity index (χ1) is 8.47. The molecule has 0 aliphatic rings. The van der Waals surface area contributed by atoms with Gasteiger partial charge in [0.15, 0.2) is 5.78 Å². The molecule has 18 heavy (non-hydrogen) atoms. The average molecular weight is 308 g/mol. The second kappa shape index (κ2) is 4.90. The topological polar surface area (TPSA) is 43.1 Å². The van der Waals surface area contributed by atoms with E-state index >= 15 is 0 Å². The number of hydrogen-bond donors (Lipinski definition) is 1. The molecule has 0 fully saturated rings. The number of carbonyl (C=O) groups is 1. The van der Waals surface area contributed by atoms with Crippen molar-refractivity contribution in [3.63, 3.8) is 0 Å². The molecule has 0 aliphatic heterocycles. The van der Waals surface area contributed by atoms with Crippen molar-refractivity contribution in [2.75, 3.05) is 5.73 Å². The number of carbonyl (C=O) groups excluding carboxylic acids is 1. The molecular formula is C14H11BrFNO. The van der Waals surface area contributed by atoms with Crippen LogP contribution in [0.4, 0.5) is 10.1 Å². The van der Waals surface area contributed by atoms with Gasteiger partial charge in [0.25, 0.3) is 0 Å². The first kappa shape index (κ1) is 12.8. The van der Waals surface area contributed by atoms with E-state index in [-0.39, 0.29) is 11.6 Å². The number of nitrogen functional groups attached to an aromatic ring is 1. The Bertz CT molecular complexity index is 605. The van der Waals surface area contributed by atoms with E-state index in [0.29, 0.717) is 22.4 Å². The van der Waals surface area contributed by atoms with Crippen LogP contribution in [0.15, 0.2) is 40.9 Å². The fourth-order valence-corrected chi connectivity index (χ4v) is 2.29. The summed E-state index contributed by atoms with van der Waals surface area (Å²) in [5.41, 5.74) is 7.78. The largest absolute Gasteiger partial charge is 0.399 e. The van der Waals surface area contributed by atoms with Gasteiger partial charge in [0.05, 0.1) is 0 Å². The molecule has 0 saturated heterocycles. The third-order valence-electron chi connectivity index (χ3n) is 2.62. The number of halogens is 2. The van der Waals surface area contributed by atoms with E-state index in [0.717, 1.165) is 4.47 Å². The Morgan fingerprint density at radius 2 is 1.94 bits per heavy atom. The lowest BCUT2D eigenvalue weighted by atomic mass is 9.99. The summed E-state index contributed by atoms with van der Waals surface area (Å²) in [6.07, 6.45) is 0. The van der Waals surface area contributed by atoms with Crippen molar-refractivity contribution in [1.29, 1.82) is 0 Å². The number of aryl methyl sites for hydroxylation is 1. The molecule has 2 nitrogen and oxygen atoms in total. The minimum atomic E-state index is -0.349. The maximum atomic E-state index is 13.0. The highest BCUT2D eigenvalue weighted by molar-refractivity contribution is 9.10. The zero-order valence-electron chi connectivity index (χ0n) is 9.71. The molecule has 0 aliphatic carbocycles. The van der Waals surface area contributed by atoms with Gasteiger partial charge in [0.2, 0.25) is 0 Å². The number of hydrogen-bond acceptors (Lipinski definition) is 2. The molecule has 0 bridgehead atoms. The van der Waals surface area contributed by atoms with Crippen molar-refractivity contribution in [3.05, 3.63) is 63.4 Å². The third kappa shape index (κ3) is 2.59. The van der Waals surface area contributed by atoms with Gasteiger partial charge in [-0.15, -0.1) is 0 Å². The zero-order chi connectivity index (χ0) is 13.3. The zero-order valence-corrected chi connectivity index (χ0v) is 11.3. The van der Waals surface area contributed by atoms with Gasteiger partial charge >= 0.3 is 0 Å². The maximum absolute atomic E-state index is 13.0. The van der Waals surface area contributed by atoms with Crippen LogP contribution >= 0.6 is 15.9 Å². The van der Waals surface area contributed by atoms with E-state index in [4.69, 9.17) is 5.73 Å². The van der Waals surface area contributed by atoms with Gasteiger partial charge in [-0.1, -0.05) is 15.9 Å². The fourth-order valence-electron chi connectivity index (χ4n) is 1.78. The summed E-state index contributed by atoms with van der Waals surface area (Å²) < 4.78 is 13.7. The molecule has 2 N–H and O–H groups in total. The Morgan fingerprint density at radius 1 is 1.22 bits per heavy atom. The quantitative estimate of drug-likeness (QED) is 0.679. The van der Waals surface area contributed by atoms with Crippen molar-refractivity contribution in [3.8, 4) is 0 Å². The summed E-state index contributed by atoms with van der Waals surface area (Å²) in [4.78, 5) is 12.3. The van der Waals surface area contributed by atoms with Gasteiger partial charge < -0.3 is 5.73 Å². The standard InChI is InChI=1S/C14H11BrFNO/c1-8-4-11(16)2-3-13(8)14(18)9-5-10(15)7-12(17)6-9/h2-7H,17H2,1H3. The molecule has 0 amide bonds. The normalized spacial score (nSPS) is 10.4. The van der Waals surface area contributed by atoms with E-state index in [1.165, 1.54) is 18.2 Å². The lowest BCUT2D eigenvalue weighted by Gasteiger charge is -2.06. The highest BCUT2D eigenvalue weighted by Gasteiger charge is 2.13. The highest BCUT2D eigenvalue weighted by atomic mass is 79.9. The highest BCUT2D eigenvalue weighted by Crippen LogP contribution is 2.21. The van der Waals surface area contributed by atoms with Crippen LogP contribution in [0.3, 0.4) is 0 Å². The molecule has 2 aromatic rings. The van der Waals surface area contributed by atoms with Crippen LogP contribution in [-0.4, -0.2) is 5.78 Å². The van der Waals surface area contributed by atoms with Gasteiger partial charge in [0, 0.05) is 21.3 Å². The van der Waals surface area contributed by atoms with Gasteiger partial charge in [-0.2, -0.15) is 0 Å². The maximum Gasteiger partial charge on any atom is 0.193 e. The lowest BCUT2D eigenvalue weighted by molar-refractivity contribution is 0.103. The van der Waals surface area contributed by atoms with Gasteiger partial charge in [-0.25, -0.2) is 4.39 Å². The molecule has 0 radical (unpaired) electrons. The Balaban J connectivity index is 2.47. The van der Waals surface area contributed by atoms with Crippen LogP contribution in [0.25, 0.3) is 0 Å². The minimum Gasteiger partial charge on any atom is -0.399 e. The molecule has 0 spiro atoms. The molecule has 92 valence electrons. The van der Waals surface area contributed by atoms with Crippen molar-refractivity contribution in [2.24, 2.45) is 0 Å². The second-order valence-electron chi connectivity index (χ2n) is 4.06. The molecular weight excluding hydrogens is 297 g/mol. The number of ketones is 1. The Hall–Kier alpha value is -1.68. The minimum absolute atomic E-state index is 0.166. The molecule has 0 aromatic heterocycles. The van der Waals surface area contributed by atoms with Crippen LogP contribution in [0.1, 0.15) is 21.5 Å². The lowest BCUT2D eigenvalue weighted by Crippen LogP contribution is -2.05. The second-order valence-corrected chi connectivity index (χ2v) is 4.98. The monoisotopic (exact) mass is 307 g/mol. The predicted molar refractivity (Wildman–Crippen MR) is 73.1 cm³/mol. The van der Waals surface area contributed by atoms with Gasteiger partial charge in [0.1, 0.15) is 5.82 Å². The van der Waals surface area contributed by atoms with Crippen molar-refractivity contribution in [1.82, 2.24) is 0 Å². The molecule has 2 rings (SSSR count). The molecule has 2 aromatic carbocycles. The van der Waals surface area contributed by atoms with Crippen LogP contribution in [-0.2, 0) is 0 Å². The first-order valence-corrected chi connectivity index (χ1v) is 6.13. The SMILES string of the molecule is Cc1cc(F)ccc1C(=O)c1cc(N)cc(Br)c1. The van der Waals surface area contributed by atoms with E-state index in [9.17, 15) is 9.18 Å². The molecule has 4 heteroatoms. The van der Waals surface area contributed by atoms with E-state index in [2.05, 4.69) is 15.9 Å². The van der Waals surface area contributed by atoms with Crippen LogP contribution in [0.2, 0.25) is 0 Å². The summed E-state index contributed by atoms with van der Waals surface area (Å²) in [5.74, 6) is -0.515. The predicted octanol–water partition coefficient (Wildman–Crippen LogP) is 3.71. The van der Waals surface area contributed by atoms with Crippen LogP contribution in [0, 0.1) is 12.7 Å². The van der Waals surface area contributed by atoms with Crippen molar-refractivity contribution in [2.45, 2.75) is 6.92 Å². The van der Waals surface area contributed by atoms with Crippen LogP contribution in [0.5, 0.6) is 0 Å². The molecule has 0 unspecified atom stereocenters. The van der Waals surface area contributed by atoms with Gasteiger partial charge in [-0.3, -0.25) is 4.79 Å². The summed E-state index contributed by atoms with van der Waals surface area (Å²) in [5, 5.41) is 0. The third-order valence-corrected chi connectivity index (χ3v) is 3.07. The molecule has 0 atom stereocenters. The first-order valence-electron chi connectivity index (χ1n) is 5.34. The van der Waals surface area contributed by atoms with Crippen LogP contribution < -0.4 is 5.73 Å². The summed E-state index contributed by atoms with van der Waals surface area (Å²) >= 11 is 3.29. The fraction of sp³-hybridized carbons (Fsp3) is 0.0714. The number of benzene rings is 2. The summed E-state index contributed by atoms with van der Waals surface area (Å²) in [6.45, 7) is 1.71. The average Bonchev–Trinajstić information content (AvgIpc) is 2.26. The van der Waals surface area contributed by atoms with Gasteiger partial charge in [-0.05, 0) is 48.9 Å². The van der Waals surface area contributed by atoms with E-state index in [1.54, 1.807) is 25.1 Å². The Labute approximate surface area is 113 Å². The Kier molecular flexibility index (Phi) is 3.48. The number of rotatable bonds is 2. The summed E-state index contributed by atoms with van der Waals surface area (Å²) in [7, 11) is 0.